The van der Waals surface area contributed by atoms with E-state index in [0.717, 1.165) is 54.1 Å². The Morgan fingerprint density at radius 3 is 2.38 bits per heavy atom. The second-order valence-electron chi connectivity index (χ2n) is 11.0. The van der Waals surface area contributed by atoms with E-state index in [1.54, 1.807) is 11.0 Å². The van der Waals surface area contributed by atoms with E-state index in [0.29, 0.717) is 43.6 Å². The lowest BCUT2D eigenvalue weighted by atomic mass is 9.95. The van der Waals surface area contributed by atoms with Crippen molar-refractivity contribution in [1.29, 1.82) is 0 Å². The molecule has 1 N–H and O–H groups in total. The van der Waals surface area contributed by atoms with Gasteiger partial charge in [0.25, 0.3) is 11.8 Å². The van der Waals surface area contributed by atoms with Crippen molar-refractivity contribution in [2.75, 3.05) is 46.4 Å². The van der Waals surface area contributed by atoms with Gasteiger partial charge in [0.2, 0.25) is 0 Å². The molecule has 40 heavy (non-hydrogen) atoms. The van der Waals surface area contributed by atoms with Gasteiger partial charge in [-0.15, -0.1) is 0 Å². The van der Waals surface area contributed by atoms with Gasteiger partial charge in [-0.2, -0.15) is 13.2 Å². The quantitative estimate of drug-likeness (QED) is 0.452. The fourth-order valence-corrected chi connectivity index (χ4v) is 5.06. The number of halogens is 3. The van der Waals surface area contributed by atoms with Crippen LogP contribution in [-0.2, 0) is 10.9 Å². The fourth-order valence-electron chi connectivity index (χ4n) is 5.06. The van der Waals surface area contributed by atoms with Gasteiger partial charge in [0, 0.05) is 62.4 Å². The highest BCUT2D eigenvalue weighted by Crippen LogP contribution is 2.30. The zero-order chi connectivity index (χ0) is 28.9. The van der Waals surface area contributed by atoms with Crippen LogP contribution in [0.3, 0.4) is 0 Å². The number of hydrogen-bond donors (Lipinski definition) is 1. The molecule has 0 spiro atoms. The molecule has 6 nitrogen and oxygen atoms in total. The molecule has 1 heterocycles. The zero-order valence-electron chi connectivity index (χ0n) is 23.2. The first-order valence-corrected chi connectivity index (χ1v) is 13.9. The Hall–Kier alpha value is -3.33. The molecule has 0 unspecified atom stereocenters. The van der Waals surface area contributed by atoms with Crippen molar-refractivity contribution in [2.45, 2.75) is 38.8 Å². The lowest BCUT2D eigenvalue weighted by molar-refractivity contribution is -0.137. The van der Waals surface area contributed by atoms with E-state index in [2.05, 4.69) is 16.8 Å². The number of nitrogens with one attached hydrogen (secondary N) is 1. The molecule has 216 valence electrons. The highest BCUT2D eigenvalue weighted by Gasteiger charge is 2.31. The minimum absolute atomic E-state index is 0.130. The van der Waals surface area contributed by atoms with Crippen LogP contribution in [0.1, 0.15) is 57.5 Å². The van der Waals surface area contributed by atoms with Crippen molar-refractivity contribution in [2.24, 2.45) is 11.8 Å². The van der Waals surface area contributed by atoms with Gasteiger partial charge < -0.3 is 19.9 Å². The predicted octanol–water partition coefficient (Wildman–Crippen LogP) is 3.80. The number of benzene rings is 2. The molecule has 1 aliphatic heterocycles. The summed E-state index contributed by atoms with van der Waals surface area (Å²) in [4.78, 5) is 29.4. The third-order valence-corrected chi connectivity index (χ3v) is 7.69. The average molecular weight is 558 g/mol. The molecule has 4 rings (SSSR count). The summed E-state index contributed by atoms with van der Waals surface area (Å²) in [6.07, 6.45) is 1.67. The largest absolute Gasteiger partial charge is 0.416 e. The van der Waals surface area contributed by atoms with Crippen LogP contribution in [0.2, 0.25) is 0 Å². The smallest absolute Gasteiger partial charge is 0.380 e. The number of carbonyl (C=O) groups is 2. The number of ether oxygens (including phenoxy) is 1. The predicted molar refractivity (Wildman–Crippen MR) is 149 cm³/mol. The van der Waals surface area contributed by atoms with Crippen LogP contribution >= 0.6 is 0 Å². The van der Waals surface area contributed by atoms with E-state index in [1.807, 2.05) is 26.2 Å². The Balaban J connectivity index is 1.30. The van der Waals surface area contributed by atoms with Crippen LogP contribution in [0.15, 0.2) is 36.4 Å². The first kappa shape index (κ1) is 29.6. The molecule has 1 saturated carbocycles. The number of carbonyl (C=O) groups excluding carboxylic acids is 2. The minimum Gasteiger partial charge on any atom is -0.380 e. The Labute approximate surface area is 233 Å². The summed E-state index contributed by atoms with van der Waals surface area (Å²) in [5.74, 6) is 0.679. The van der Waals surface area contributed by atoms with E-state index in [9.17, 15) is 22.8 Å². The molecule has 0 radical (unpaired) electrons. The number of rotatable bonds is 10. The number of likely N-dealkylation sites (tertiary alicyclic amines) is 1. The van der Waals surface area contributed by atoms with E-state index < -0.39 is 11.7 Å². The summed E-state index contributed by atoms with van der Waals surface area (Å²) in [5.41, 5.74) is 0.990. The van der Waals surface area contributed by atoms with Gasteiger partial charge in [0.05, 0.1) is 12.2 Å². The lowest BCUT2D eigenvalue weighted by Gasteiger charge is -2.33. The van der Waals surface area contributed by atoms with Crippen LogP contribution < -0.4 is 15.8 Å². The second-order valence-corrected chi connectivity index (χ2v) is 11.0. The van der Waals surface area contributed by atoms with Gasteiger partial charge in [-0.05, 0) is 85.6 Å². The number of hydrogen-bond acceptors (Lipinski definition) is 4. The van der Waals surface area contributed by atoms with Crippen LogP contribution in [-0.4, -0.2) is 68.1 Å². The monoisotopic (exact) mass is 557 g/mol. The van der Waals surface area contributed by atoms with Crippen molar-refractivity contribution in [3.8, 4) is 0 Å². The Bertz CT molecular complexity index is 1300. The van der Waals surface area contributed by atoms with Gasteiger partial charge >= 0.3 is 6.18 Å². The number of nitrogens with zero attached hydrogens (tertiary/aromatic N) is 2. The van der Waals surface area contributed by atoms with Gasteiger partial charge in [-0.3, -0.25) is 9.59 Å². The van der Waals surface area contributed by atoms with Gasteiger partial charge in [0.1, 0.15) is 0 Å². The summed E-state index contributed by atoms with van der Waals surface area (Å²) in [7, 11) is 1.99. The molecule has 9 heteroatoms. The van der Waals surface area contributed by atoms with Crippen molar-refractivity contribution in [3.63, 3.8) is 0 Å². The maximum Gasteiger partial charge on any atom is 0.416 e. The number of amides is 2. The van der Waals surface area contributed by atoms with Gasteiger partial charge in [-0.1, -0.05) is 12.6 Å². The molecule has 2 aromatic carbocycles. The van der Waals surface area contributed by atoms with Gasteiger partial charge in [-0.25, -0.2) is 0 Å². The third-order valence-electron chi connectivity index (χ3n) is 7.69. The standard InChI is InChI=1S/C31H38F3N3O3/c1-21-4-11-27(29(38)35-14-17-40-20-24-5-6-24)22(2)28(21)19-36(3)18-23-12-15-37(16-13-23)30(39)25-7-9-26(10-8-25)31(32,33)34/h4,7-11,19,23-24H,1,5-6,12-18,20H2,2-3H3,(H,35,38)/b28-19+. The fraction of sp³-hybridized carbons (Fsp3) is 0.484. The normalized spacial score (nSPS) is 16.7. The molecule has 1 saturated heterocycles. The van der Waals surface area contributed by atoms with Crippen molar-refractivity contribution in [3.05, 3.63) is 69.1 Å². The highest BCUT2D eigenvalue weighted by atomic mass is 19.4. The van der Waals surface area contributed by atoms with E-state index in [-0.39, 0.29) is 17.4 Å². The summed E-state index contributed by atoms with van der Waals surface area (Å²) < 4.78 is 44.1. The van der Waals surface area contributed by atoms with Gasteiger partial charge in [0.15, 0.2) is 0 Å². The molecule has 2 fully saturated rings. The van der Waals surface area contributed by atoms with Crippen LogP contribution in [0.25, 0.3) is 12.8 Å². The third kappa shape index (κ3) is 7.87. The molecule has 2 amide bonds. The molecule has 0 aromatic heterocycles. The topological polar surface area (TPSA) is 61.9 Å². The highest BCUT2D eigenvalue weighted by molar-refractivity contribution is 5.95. The molecule has 0 atom stereocenters. The molecule has 0 bridgehead atoms. The molecule has 2 aliphatic rings. The average Bonchev–Trinajstić information content (AvgIpc) is 3.75. The van der Waals surface area contributed by atoms with Crippen molar-refractivity contribution in [1.82, 2.24) is 15.1 Å². The van der Waals surface area contributed by atoms with Crippen LogP contribution in [0, 0.1) is 18.8 Å². The minimum atomic E-state index is -4.42. The SMILES string of the molecule is C=c1ccc(C(=O)NCCOCC2CC2)c(C)/c1=C/N(C)CC1CCN(C(=O)c2ccc(C(F)(F)F)cc2)CC1. The summed E-state index contributed by atoms with van der Waals surface area (Å²) in [6, 6.07) is 8.06. The number of piperidine rings is 1. The maximum absolute atomic E-state index is 12.8. The van der Waals surface area contributed by atoms with Crippen LogP contribution in [0.5, 0.6) is 0 Å². The Kier molecular flexibility index (Phi) is 9.56. The van der Waals surface area contributed by atoms with Crippen LogP contribution in [0.4, 0.5) is 13.2 Å². The summed E-state index contributed by atoms with van der Waals surface area (Å²) in [5, 5.41) is 4.69. The van der Waals surface area contributed by atoms with E-state index in [4.69, 9.17) is 4.74 Å². The molecular weight excluding hydrogens is 519 g/mol. The molecular formula is C31H38F3N3O3. The Morgan fingerprint density at radius 2 is 1.75 bits per heavy atom. The van der Waals surface area contributed by atoms with E-state index in [1.165, 1.54) is 25.0 Å². The first-order chi connectivity index (χ1) is 19.0. The van der Waals surface area contributed by atoms with E-state index >= 15 is 0 Å². The Morgan fingerprint density at radius 1 is 1.07 bits per heavy atom. The summed E-state index contributed by atoms with van der Waals surface area (Å²) in [6.45, 7) is 9.70. The zero-order valence-corrected chi connectivity index (χ0v) is 23.2. The second kappa shape index (κ2) is 12.9. The maximum atomic E-state index is 12.8. The number of alkyl halides is 3. The summed E-state index contributed by atoms with van der Waals surface area (Å²) >= 11 is 0. The lowest BCUT2D eigenvalue weighted by Crippen LogP contribution is -2.41. The van der Waals surface area contributed by atoms with Crippen molar-refractivity contribution >= 4 is 24.6 Å². The van der Waals surface area contributed by atoms with Crippen molar-refractivity contribution < 1.29 is 27.5 Å². The molecule has 1 aliphatic carbocycles. The molecule has 2 aromatic rings. The first-order valence-electron chi connectivity index (χ1n) is 13.9.